The lowest BCUT2D eigenvalue weighted by Crippen LogP contribution is -2.26. The Labute approximate surface area is 199 Å². The van der Waals surface area contributed by atoms with Crippen LogP contribution in [0, 0.1) is 0 Å². The third kappa shape index (κ3) is 7.32. The van der Waals surface area contributed by atoms with Gasteiger partial charge < -0.3 is 21.3 Å². The van der Waals surface area contributed by atoms with Crippen LogP contribution < -0.4 is 26.0 Å². The van der Waals surface area contributed by atoms with Crippen LogP contribution >= 0.6 is 0 Å². The molecule has 4 amide bonds. The Bertz CT molecular complexity index is 1220. The van der Waals surface area contributed by atoms with Gasteiger partial charge in [-0.3, -0.25) is 0 Å². The number of rotatable bonds is 9. The number of hydrogen-bond donors (Lipinski definition) is 5. The molecule has 0 radical (unpaired) electrons. The first-order valence-corrected chi connectivity index (χ1v) is 12.3. The predicted octanol–water partition coefficient (Wildman–Crippen LogP) is 5.05. The molecule has 0 spiro atoms. The minimum absolute atomic E-state index is 0.0346. The quantitative estimate of drug-likeness (QED) is 0.274. The highest BCUT2D eigenvalue weighted by Crippen LogP contribution is 2.26. The molecular formula is C24H27N5O4S. The van der Waals surface area contributed by atoms with Gasteiger partial charge in [0.05, 0.1) is 16.3 Å². The van der Waals surface area contributed by atoms with Gasteiger partial charge in [-0.25, -0.2) is 22.7 Å². The van der Waals surface area contributed by atoms with Crippen molar-refractivity contribution in [3.63, 3.8) is 0 Å². The number of benzene rings is 3. The van der Waals surface area contributed by atoms with Crippen LogP contribution in [-0.2, 0) is 10.0 Å². The maximum Gasteiger partial charge on any atom is 0.323 e. The van der Waals surface area contributed by atoms with Gasteiger partial charge >= 0.3 is 12.1 Å². The fourth-order valence-corrected chi connectivity index (χ4v) is 4.08. The van der Waals surface area contributed by atoms with E-state index in [0.717, 1.165) is 6.42 Å². The Balaban J connectivity index is 1.82. The highest BCUT2D eigenvalue weighted by molar-refractivity contribution is 7.89. The monoisotopic (exact) mass is 481 g/mol. The highest BCUT2D eigenvalue weighted by atomic mass is 32.2. The minimum Gasteiger partial charge on any atom is -0.308 e. The number of amides is 4. The van der Waals surface area contributed by atoms with Crippen molar-refractivity contribution in [2.45, 2.75) is 24.7 Å². The SMILES string of the molecule is CCCCNS(=O)(=O)c1ccc(NC(=O)Nc2ccccc2)c(NC(=O)Nc2ccccc2)c1. The standard InChI is InChI=1S/C24H27N5O4S/c1-2-3-16-25-34(32,33)20-14-15-21(28-23(30)26-18-10-6-4-7-11-18)22(17-20)29-24(31)27-19-12-8-5-9-13-19/h4-15,17,25H,2-3,16H2,1H3,(H2,26,28,30)(H2,27,29,31). The Kier molecular flexibility index (Phi) is 8.60. The van der Waals surface area contributed by atoms with Crippen LogP contribution in [0.1, 0.15) is 19.8 Å². The molecule has 0 atom stereocenters. The first-order valence-electron chi connectivity index (χ1n) is 10.8. The van der Waals surface area contributed by atoms with E-state index >= 15 is 0 Å². The molecule has 0 saturated heterocycles. The molecule has 178 valence electrons. The first-order chi connectivity index (χ1) is 16.4. The number of hydrogen-bond acceptors (Lipinski definition) is 4. The van der Waals surface area contributed by atoms with Gasteiger partial charge in [0.25, 0.3) is 0 Å². The molecule has 3 rings (SSSR count). The zero-order valence-corrected chi connectivity index (χ0v) is 19.5. The van der Waals surface area contributed by atoms with Crippen LogP contribution in [0.2, 0.25) is 0 Å². The number of carbonyl (C=O) groups excluding carboxylic acids is 2. The van der Waals surface area contributed by atoms with E-state index in [4.69, 9.17) is 0 Å². The molecule has 0 aliphatic carbocycles. The average Bonchev–Trinajstić information content (AvgIpc) is 2.81. The van der Waals surface area contributed by atoms with Crippen LogP contribution in [0.4, 0.5) is 32.3 Å². The first kappa shape index (κ1) is 24.7. The van der Waals surface area contributed by atoms with Gasteiger partial charge in [0, 0.05) is 17.9 Å². The number of unbranched alkanes of at least 4 members (excludes halogenated alkanes) is 1. The Morgan fingerprint density at radius 2 is 1.24 bits per heavy atom. The molecule has 0 bridgehead atoms. The zero-order chi connectivity index (χ0) is 24.4. The van der Waals surface area contributed by atoms with Gasteiger partial charge in [-0.15, -0.1) is 0 Å². The van der Waals surface area contributed by atoms with E-state index in [2.05, 4.69) is 26.0 Å². The van der Waals surface area contributed by atoms with E-state index in [0.29, 0.717) is 24.3 Å². The number of sulfonamides is 1. The lowest BCUT2D eigenvalue weighted by Gasteiger charge is -2.16. The Morgan fingerprint density at radius 1 is 0.706 bits per heavy atom. The molecule has 0 aromatic heterocycles. The topological polar surface area (TPSA) is 128 Å². The lowest BCUT2D eigenvalue weighted by molar-refractivity contribution is 0.261. The second-order valence-electron chi connectivity index (χ2n) is 7.35. The molecule has 0 fully saturated rings. The summed E-state index contributed by atoms with van der Waals surface area (Å²) in [5.74, 6) is 0. The lowest BCUT2D eigenvalue weighted by atomic mass is 10.2. The Hall–Kier alpha value is -3.89. The van der Waals surface area contributed by atoms with Gasteiger partial charge in [-0.2, -0.15) is 0 Å². The van der Waals surface area contributed by atoms with E-state index in [-0.39, 0.29) is 16.3 Å². The Morgan fingerprint density at radius 3 is 1.76 bits per heavy atom. The summed E-state index contributed by atoms with van der Waals surface area (Å²) < 4.78 is 27.9. The minimum atomic E-state index is -3.79. The summed E-state index contributed by atoms with van der Waals surface area (Å²) in [5.41, 5.74) is 1.48. The van der Waals surface area contributed by atoms with Crippen LogP contribution in [0.15, 0.2) is 83.8 Å². The van der Waals surface area contributed by atoms with Gasteiger partial charge in [0.15, 0.2) is 0 Å². The van der Waals surface area contributed by atoms with E-state index < -0.39 is 22.1 Å². The number of urea groups is 2. The fraction of sp³-hybridized carbons (Fsp3) is 0.167. The summed E-state index contributed by atoms with van der Waals surface area (Å²) in [6.07, 6.45) is 1.54. The number of nitrogens with one attached hydrogen (secondary N) is 5. The largest absolute Gasteiger partial charge is 0.323 e. The van der Waals surface area contributed by atoms with Crippen molar-refractivity contribution in [2.24, 2.45) is 0 Å². The molecule has 0 aliphatic rings. The molecule has 0 heterocycles. The summed E-state index contributed by atoms with van der Waals surface area (Å²) in [5, 5.41) is 10.6. The summed E-state index contributed by atoms with van der Waals surface area (Å²) >= 11 is 0. The van der Waals surface area contributed by atoms with Crippen LogP contribution in [0.25, 0.3) is 0 Å². The highest BCUT2D eigenvalue weighted by Gasteiger charge is 2.18. The molecule has 5 N–H and O–H groups in total. The van der Waals surface area contributed by atoms with Crippen molar-refractivity contribution >= 4 is 44.8 Å². The summed E-state index contributed by atoms with van der Waals surface area (Å²) in [4.78, 5) is 25.0. The summed E-state index contributed by atoms with van der Waals surface area (Å²) in [7, 11) is -3.79. The third-order valence-corrected chi connectivity index (χ3v) is 6.14. The molecule has 34 heavy (non-hydrogen) atoms. The average molecular weight is 482 g/mol. The summed E-state index contributed by atoms with van der Waals surface area (Å²) in [6, 6.07) is 20.6. The molecule has 10 heteroatoms. The summed E-state index contributed by atoms with van der Waals surface area (Å²) in [6.45, 7) is 2.26. The molecule has 3 aromatic carbocycles. The van der Waals surface area contributed by atoms with Gasteiger partial charge in [-0.1, -0.05) is 49.7 Å². The molecular weight excluding hydrogens is 454 g/mol. The van der Waals surface area contributed by atoms with E-state index in [1.165, 1.54) is 18.2 Å². The molecule has 3 aromatic rings. The number of anilines is 4. The molecule has 0 unspecified atom stereocenters. The van der Waals surface area contributed by atoms with Crippen molar-refractivity contribution in [3.8, 4) is 0 Å². The fourth-order valence-electron chi connectivity index (χ4n) is 2.98. The number of carbonyl (C=O) groups is 2. The van der Waals surface area contributed by atoms with Crippen molar-refractivity contribution in [1.82, 2.24) is 4.72 Å². The van der Waals surface area contributed by atoms with Crippen molar-refractivity contribution in [1.29, 1.82) is 0 Å². The van der Waals surface area contributed by atoms with Crippen molar-refractivity contribution < 1.29 is 18.0 Å². The van der Waals surface area contributed by atoms with Crippen LogP contribution in [0.3, 0.4) is 0 Å². The third-order valence-electron chi connectivity index (χ3n) is 4.68. The molecule has 0 saturated carbocycles. The molecule has 9 nitrogen and oxygen atoms in total. The van der Waals surface area contributed by atoms with E-state index in [1.807, 2.05) is 19.1 Å². The number of para-hydroxylation sites is 2. The van der Waals surface area contributed by atoms with Crippen molar-refractivity contribution in [2.75, 3.05) is 27.8 Å². The second kappa shape index (κ2) is 11.8. The zero-order valence-electron chi connectivity index (χ0n) is 18.7. The maximum absolute atomic E-state index is 12.7. The van der Waals surface area contributed by atoms with Gasteiger partial charge in [0.1, 0.15) is 0 Å². The molecule has 0 aliphatic heterocycles. The van der Waals surface area contributed by atoms with Crippen molar-refractivity contribution in [3.05, 3.63) is 78.9 Å². The smallest absolute Gasteiger partial charge is 0.308 e. The predicted molar refractivity (Wildman–Crippen MR) is 135 cm³/mol. The van der Waals surface area contributed by atoms with Crippen LogP contribution in [0.5, 0.6) is 0 Å². The van der Waals surface area contributed by atoms with Gasteiger partial charge in [0.2, 0.25) is 10.0 Å². The maximum atomic E-state index is 12.7. The van der Waals surface area contributed by atoms with Gasteiger partial charge in [-0.05, 0) is 48.9 Å². The van der Waals surface area contributed by atoms with E-state index in [1.54, 1.807) is 48.5 Å². The second-order valence-corrected chi connectivity index (χ2v) is 9.12. The van der Waals surface area contributed by atoms with E-state index in [9.17, 15) is 18.0 Å². The normalized spacial score (nSPS) is 10.9. The van der Waals surface area contributed by atoms with Crippen LogP contribution in [-0.4, -0.2) is 27.0 Å².